The summed E-state index contributed by atoms with van der Waals surface area (Å²) in [5.74, 6) is 2.12. The Hall–Kier alpha value is -4.40. The monoisotopic (exact) mass is 498 g/mol. The minimum atomic E-state index is -0.590. The number of nitrogens with two attached hydrogens (primary N) is 1. The molecule has 2 amide bonds. The number of nitrogens with zero attached hydrogens (tertiary/aromatic N) is 3. The summed E-state index contributed by atoms with van der Waals surface area (Å²) in [4.78, 5) is 20.4. The fourth-order valence-electron chi connectivity index (χ4n) is 4.38. The summed E-state index contributed by atoms with van der Waals surface area (Å²) in [7, 11) is 1.67. The second-order valence-corrected chi connectivity index (χ2v) is 10.1. The van der Waals surface area contributed by atoms with E-state index in [4.69, 9.17) is 20.0 Å². The maximum absolute atomic E-state index is 11.0. The second-order valence-electron chi connectivity index (χ2n) is 10.1. The van der Waals surface area contributed by atoms with Crippen LogP contribution in [-0.4, -0.2) is 28.3 Å². The molecule has 0 aliphatic heterocycles. The number of fused-ring (bicyclic) bond motifs is 3. The number of ether oxygens (including phenoxy) is 1. The number of aryl methyl sites for hydroxylation is 2. The third-order valence-electron chi connectivity index (χ3n) is 6.41. The zero-order valence-electron chi connectivity index (χ0n) is 21.4. The molecular weight excluding hydrogens is 468 g/mol. The van der Waals surface area contributed by atoms with Crippen molar-refractivity contribution in [3.8, 4) is 28.3 Å². The number of hydrogen-bond donors (Lipinski definition) is 3. The van der Waals surface area contributed by atoms with Crippen LogP contribution in [0.5, 0.6) is 5.75 Å². The van der Waals surface area contributed by atoms with Crippen molar-refractivity contribution in [2.75, 3.05) is 17.7 Å². The van der Waals surface area contributed by atoms with E-state index < -0.39 is 6.03 Å². The van der Waals surface area contributed by atoms with E-state index in [-0.39, 0.29) is 5.41 Å². The van der Waals surface area contributed by atoms with Gasteiger partial charge in [-0.15, -0.1) is 0 Å². The van der Waals surface area contributed by atoms with Crippen LogP contribution in [0.15, 0.2) is 53.2 Å². The molecule has 0 saturated heterocycles. The molecule has 0 saturated carbocycles. The third kappa shape index (κ3) is 5.11. The van der Waals surface area contributed by atoms with Crippen molar-refractivity contribution >= 4 is 17.7 Å². The van der Waals surface area contributed by atoms with Gasteiger partial charge < -0.3 is 25.6 Å². The number of carbonyl (C=O) groups is 1. The zero-order chi connectivity index (χ0) is 26.2. The molecule has 37 heavy (non-hydrogen) atoms. The van der Waals surface area contributed by atoms with Gasteiger partial charge in [0.25, 0.3) is 0 Å². The van der Waals surface area contributed by atoms with Gasteiger partial charge in [-0.3, -0.25) is 0 Å². The Bertz CT molecular complexity index is 1450. The van der Waals surface area contributed by atoms with Crippen molar-refractivity contribution in [2.24, 2.45) is 5.73 Å². The summed E-state index contributed by atoms with van der Waals surface area (Å²) in [5.41, 5.74) is 12.5. The van der Waals surface area contributed by atoms with Crippen LogP contribution in [0.3, 0.4) is 0 Å². The van der Waals surface area contributed by atoms with Crippen LogP contribution in [0.2, 0.25) is 0 Å². The molecule has 9 nitrogen and oxygen atoms in total. The minimum Gasteiger partial charge on any atom is -0.496 e. The number of methoxy groups -OCH3 is 1. The van der Waals surface area contributed by atoms with Gasteiger partial charge in [0.15, 0.2) is 0 Å². The van der Waals surface area contributed by atoms with Gasteiger partial charge in [0.2, 0.25) is 5.95 Å². The normalized spacial score (nSPS) is 12.4. The van der Waals surface area contributed by atoms with E-state index in [2.05, 4.69) is 53.7 Å². The number of rotatable bonds is 6. The molecule has 2 aromatic carbocycles. The number of carbonyl (C=O) groups excluding carboxylic acids is 1. The molecule has 0 radical (unpaired) electrons. The predicted molar refractivity (Wildman–Crippen MR) is 143 cm³/mol. The number of hydrogen-bond acceptors (Lipinski definition) is 7. The molecule has 0 bridgehead atoms. The molecule has 9 heteroatoms. The SMILES string of the molecule is COc1cc2c(cc1-c1cc(C(C)(C)C)on1)-c1nc(NCc3ccc(NC(N)=O)cc3)ncc1CC2. The summed E-state index contributed by atoms with van der Waals surface area (Å²) < 4.78 is 11.4. The van der Waals surface area contributed by atoms with Gasteiger partial charge in [0, 0.05) is 41.0 Å². The summed E-state index contributed by atoms with van der Waals surface area (Å²) >= 11 is 0. The average Bonchev–Trinajstić information content (AvgIpc) is 3.38. The van der Waals surface area contributed by atoms with E-state index in [0.717, 1.165) is 58.0 Å². The molecule has 4 aromatic rings. The summed E-state index contributed by atoms with van der Waals surface area (Å²) in [6.45, 7) is 6.81. The molecule has 4 N–H and O–H groups in total. The van der Waals surface area contributed by atoms with Crippen molar-refractivity contribution < 1.29 is 14.1 Å². The highest BCUT2D eigenvalue weighted by Crippen LogP contribution is 2.41. The fourth-order valence-corrected chi connectivity index (χ4v) is 4.38. The van der Waals surface area contributed by atoms with Crippen LogP contribution in [0.1, 0.15) is 43.2 Å². The van der Waals surface area contributed by atoms with E-state index in [0.29, 0.717) is 18.2 Å². The molecular formula is C28H30N6O3. The Labute approximate surface area is 215 Å². The Morgan fingerprint density at radius 2 is 1.84 bits per heavy atom. The highest BCUT2D eigenvalue weighted by atomic mass is 16.5. The topological polar surface area (TPSA) is 128 Å². The van der Waals surface area contributed by atoms with E-state index in [9.17, 15) is 4.79 Å². The highest BCUT2D eigenvalue weighted by Gasteiger charge is 2.25. The molecule has 0 unspecified atom stereocenters. The summed E-state index contributed by atoms with van der Waals surface area (Å²) in [6.07, 6.45) is 3.63. The predicted octanol–water partition coefficient (Wildman–Crippen LogP) is 5.31. The summed E-state index contributed by atoms with van der Waals surface area (Å²) in [6, 6.07) is 13.0. The first-order valence-corrected chi connectivity index (χ1v) is 12.2. The molecule has 190 valence electrons. The lowest BCUT2D eigenvalue weighted by atomic mass is 9.87. The zero-order valence-corrected chi connectivity index (χ0v) is 21.4. The number of aromatic nitrogens is 3. The Kier molecular flexibility index (Phi) is 6.29. The highest BCUT2D eigenvalue weighted by molar-refractivity contribution is 5.87. The number of primary amides is 1. The van der Waals surface area contributed by atoms with Gasteiger partial charge in [0.1, 0.15) is 17.2 Å². The van der Waals surface area contributed by atoms with E-state index in [1.54, 1.807) is 19.2 Å². The van der Waals surface area contributed by atoms with Gasteiger partial charge in [-0.1, -0.05) is 38.1 Å². The first-order valence-electron chi connectivity index (χ1n) is 12.2. The van der Waals surface area contributed by atoms with Crippen molar-refractivity contribution in [3.05, 3.63) is 71.1 Å². The fraction of sp³-hybridized carbons (Fsp3) is 0.286. The van der Waals surface area contributed by atoms with E-state index in [1.165, 1.54) is 5.56 Å². The number of urea groups is 1. The van der Waals surface area contributed by atoms with Crippen LogP contribution < -0.4 is 21.1 Å². The number of anilines is 2. The maximum Gasteiger partial charge on any atom is 0.316 e. The number of benzene rings is 2. The first kappa shape index (κ1) is 24.3. The molecule has 5 rings (SSSR count). The number of amides is 2. The summed E-state index contributed by atoms with van der Waals surface area (Å²) in [5, 5.41) is 10.2. The van der Waals surface area contributed by atoms with Crippen LogP contribution >= 0.6 is 0 Å². The quantitative estimate of drug-likeness (QED) is 0.329. The van der Waals surface area contributed by atoms with Gasteiger partial charge in [-0.25, -0.2) is 14.8 Å². The van der Waals surface area contributed by atoms with Crippen molar-refractivity contribution in [1.82, 2.24) is 15.1 Å². The second kappa shape index (κ2) is 9.57. The Morgan fingerprint density at radius 1 is 1.08 bits per heavy atom. The molecule has 1 aliphatic carbocycles. The molecule has 0 fully saturated rings. The lowest BCUT2D eigenvalue weighted by molar-refractivity contribution is 0.259. The molecule has 0 atom stereocenters. The van der Waals surface area contributed by atoms with Gasteiger partial charge in [-0.05, 0) is 53.8 Å². The lowest BCUT2D eigenvalue weighted by Crippen LogP contribution is -2.19. The number of nitrogens with one attached hydrogen (secondary N) is 2. The van der Waals surface area contributed by atoms with Gasteiger partial charge in [-0.2, -0.15) is 0 Å². The smallest absolute Gasteiger partial charge is 0.316 e. The van der Waals surface area contributed by atoms with Gasteiger partial charge >= 0.3 is 6.03 Å². The maximum atomic E-state index is 11.0. The van der Waals surface area contributed by atoms with Gasteiger partial charge in [0.05, 0.1) is 12.8 Å². The van der Waals surface area contributed by atoms with Crippen molar-refractivity contribution in [3.63, 3.8) is 0 Å². The van der Waals surface area contributed by atoms with Crippen LogP contribution in [0.25, 0.3) is 22.5 Å². The van der Waals surface area contributed by atoms with Crippen molar-refractivity contribution in [1.29, 1.82) is 0 Å². The molecule has 2 heterocycles. The van der Waals surface area contributed by atoms with Crippen molar-refractivity contribution in [2.45, 2.75) is 45.6 Å². The van der Waals surface area contributed by atoms with Crippen LogP contribution in [-0.2, 0) is 24.8 Å². The minimum absolute atomic E-state index is 0.147. The molecule has 1 aliphatic rings. The standard InChI is InChI=1S/C28H30N6O3/c1-28(2,3)24-13-22(34-37-24)21-12-20-17(11-23(21)36-4)7-8-18-15-31-27(33-25(18)20)30-14-16-5-9-19(10-6-16)32-26(29)35/h5-6,9-13,15H,7-8,14H2,1-4H3,(H3,29,32,35)(H,30,31,33). The van der Waals surface area contributed by atoms with Crippen LogP contribution in [0.4, 0.5) is 16.4 Å². The Balaban J connectivity index is 1.43. The van der Waals surface area contributed by atoms with E-state index in [1.807, 2.05) is 24.4 Å². The van der Waals surface area contributed by atoms with E-state index >= 15 is 0 Å². The molecule has 2 aromatic heterocycles. The third-order valence-corrected chi connectivity index (χ3v) is 6.41. The largest absolute Gasteiger partial charge is 0.496 e. The Morgan fingerprint density at radius 3 is 2.51 bits per heavy atom. The lowest BCUT2D eigenvalue weighted by Gasteiger charge is -2.21. The first-order chi connectivity index (χ1) is 17.7. The van der Waals surface area contributed by atoms with Crippen LogP contribution in [0, 0.1) is 0 Å². The average molecular weight is 499 g/mol. The molecule has 0 spiro atoms.